The molecule has 10 heteroatoms. The molecule has 0 atom stereocenters. The van der Waals surface area contributed by atoms with E-state index in [2.05, 4.69) is 10.3 Å². The number of pyridine rings is 1. The highest BCUT2D eigenvalue weighted by Crippen LogP contribution is 2.34. The summed E-state index contributed by atoms with van der Waals surface area (Å²) in [5.74, 6) is -1.45. The zero-order valence-electron chi connectivity index (χ0n) is 17.2. The number of carbonyl (C=O) groups is 3. The van der Waals surface area contributed by atoms with Crippen LogP contribution in [0.5, 0.6) is 0 Å². The highest BCUT2D eigenvalue weighted by Gasteiger charge is 2.31. The number of Topliss-reactive ketones (excluding diaryl/α,β-unsaturated/α-hetero) is 1. The summed E-state index contributed by atoms with van der Waals surface area (Å²) in [5.41, 5.74) is 0.950. The lowest BCUT2D eigenvalue weighted by Gasteiger charge is -2.14. The number of halogens is 3. The second-order valence-electron chi connectivity index (χ2n) is 7.11. The maximum absolute atomic E-state index is 13.0. The number of anilines is 2. The number of hydrogen-bond acceptors (Lipinski definition) is 4. The third kappa shape index (κ3) is 5.94. The maximum Gasteiger partial charge on any atom is 0.416 e. The molecule has 0 fully saturated rings. The smallest absolute Gasteiger partial charge is 0.416 e. The highest BCUT2D eigenvalue weighted by molar-refractivity contribution is 6.12. The van der Waals surface area contributed by atoms with Crippen LogP contribution in [0.15, 0.2) is 60.9 Å². The van der Waals surface area contributed by atoms with Crippen LogP contribution < -0.4 is 10.6 Å². The van der Waals surface area contributed by atoms with Crippen molar-refractivity contribution >= 4 is 29.2 Å². The second-order valence-corrected chi connectivity index (χ2v) is 7.11. The van der Waals surface area contributed by atoms with Gasteiger partial charge in [0.15, 0.2) is 5.78 Å². The van der Waals surface area contributed by atoms with Crippen LogP contribution in [-0.4, -0.2) is 27.9 Å². The number of ketones is 1. The van der Waals surface area contributed by atoms with E-state index in [0.717, 1.165) is 22.8 Å². The first-order valence-electron chi connectivity index (χ1n) is 9.60. The van der Waals surface area contributed by atoms with E-state index in [-0.39, 0.29) is 11.3 Å². The van der Waals surface area contributed by atoms with Gasteiger partial charge in [-0.3, -0.25) is 19.9 Å². The van der Waals surface area contributed by atoms with Crippen LogP contribution in [0.4, 0.5) is 29.3 Å². The monoisotopic (exact) mass is 457 g/mol. The zero-order valence-corrected chi connectivity index (χ0v) is 17.2. The molecule has 170 valence electrons. The van der Waals surface area contributed by atoms with E-state index in [1.165, 1.54) is 6.07 Å². The predicted molar refractivity (Wildman–Crippen MR) is 115 cm³/mol. The number of alkyl halides is 3. The summed E-state index contributed by atoms with van der Waals surface area (Å²) in [6.45, 7) is 1.89. The Kier molecular flexibility index (Phi) is 6.76. The Morgan fingerprint density at radius 3 is 2.42 bits per heavy atom. The highest BCUT2D eigenvalue weighted by atomic mass is 19.4. The Labute approximate surface area is 186 Å². The van der Waals surface area contributed by atoms with Crippen molar-refractivity contribution in [3.63, 3.8) is 0 Å². The van der Waals surface area contributed by atoms with Gasteiger partial charge in [-0.25, -0.2) is 4.79 Å². The Hall–Kier alpha value is -4.21. The molecule has 3 N–H and O–H groups in total. The minimum absolute atomic E-state index is 0.235. The molecular formula is C23H18F3N3O4. The van der Waals surface area contributed by atoms with Crippen molar-refractivity contribution in [3.05, 3.63) is 77.6 Å². The van der Waals surface area contributed by atoms with Crippen LogP contribution in [-0.2, 0) is 11.0 Å². The van der Waals surface area contributed by atoms with Crippen molar-refractivity contribution in [2.75, 3.05) is 10.6 Å². The van der Waals surface area contributed by atoms with Gasteiger partial charge in [0, 0.05) is 23.5 Å². The SMILES string of the molecule is Cc1ccncc1-c1cccc(C(=O)CC(=O)Nc2cc(C(F)(F)F)ccc2NC(=O)O)c1. The first-order chi connectivity index (χ1) is 15.5. The number of amides is 2. The summed E-state index contributed by atoms with van der Waals surface area (Å²) in [7, 11) is 0. The molecule has 0 saturated heterocycles. The molecule has 33 heavy (non-hydrogen) atoms. The van der Waals surface area contributed by atoms with E-state index in [4.69, 9.17) is 5.11 Å². The summed E-state index contributed by atoms with van der Waals surface area (Å²) in [6.07, 6.45) is -3.60. The minimum atomic E-state index is -4.71. The minimum Gasteiger partial charge on any atom is -0.465 e. The maximum atomic E-state index is 13.0. The van der Waals surface area contributed by atoms with Crippen LogP contribution in [0.25, 0.3) is 11.1 Å². The van der Waals surface area contributed by atoms with Gasteiger partial charge in [0.25, 0.3) is 0 Å². The fraction of sp³-hybridized carbons (Fsp3) is 0.130. The largest absolute Gasteiger partial charge is 0.465 e. The summed E-state index contributed by atoms with van der Waals surface area (Å²) in [5, 5.41) is 13.0. The van der Waals surface area contributed by atoms with Gasteiger partial charge in [0.2, 0.25) is 5.91 Å². The van der Waals surface area contributed by atoms with E-state index >= 15 is 0 Å². The summed E-state index contributed by atoms with van der Waals surface area (Å²) < 4.78 is 39.1. The van der Waals surface area contributed by atoms with Crippen LogP contribution >= 0.6 is 0 Å². The first kappa shape index (κ1) is 23.5. The molecule has 7 nitrogen and oxygen atoms in total. The second kappa shape index (κ2) is 9.51. The molecular weight excluding hydrogens is 439 g/mol. The van der Waals surface area contributed by atoms with E-state index in [1.807, 2.05) is 18.3 Å². The average Bonchev–Trinajstić information content (AvgIpc) is 2.74. The molecule has 0 spiro atoms. The number of hydrogen-bond donors (Lipinski definition) is 3. The molecule has 0 saturated carbocycles. The molecule has 2 aromatic carbocycles. The predicted octanol–water partition coefficient (Wildman–Crippen LogP) is 5.38. The van der Waals surface area contributed by atoms with Crippen molar-refractivity contribution in [1.82, 2.24) is 4.98 Å². The molecule has 0 radical (unpaired) electrons. The summed E-state index contributed by atoms with van der Waals surface area (Å²) >= 11 is 0. The lowest BCUT2D eigenvalue weighted by atomic mass is 9.98. The molecule has 2 amide bonds. The standard InChI is InChI=1S/C23H18F3N3O4/c1-13-7-8-27-12-17(13)14-3-2-4-15(9-14)20(30)11-21(31)28-19-10-16(23(24,25)26)5-6-18(19)29-22(32)33/h2-10,12,29H,11H2,1H3,(H,28,31)(H,32,33). The Bertz CT molecular complexity index is 1230. The average molecular weight is 457 g/mol. The number of carboxylic acid groups (broad SMARTS) is 1. The topological polar surface area (TPSA) is 108 Å². The van der Waals surface area contributed by atoms with Crippen molar-refractivity contribution in [3.8, 4) is 11.1 Å². The molecule has 1 heterocycles. The van der Waals surface area contributed by atoms with E-state index in [9.17, 15) is 27.6 Å². The van der Waals surface area contributed by atoms with Crippen molar-refractivity contribution in [2.45, 2.75) is 19.5 Å². The van der Waals surface area contributed by atoms with Gasteiger partial charge in [-0.1, -0.05) is 18.2 Å². The van der Waals surface area contributed by atoms with Gasteiger partial charge < -0.3 is 10.4 Å². The van der Waals surface area contributed by atoms with Gasteiger partial charge in [-0.05, 0) is 48.4 Å². The third-order valence-corrected chi connectivity index (χ3v) is 4.72. The molecule has 0 bridgehead atoms. The van der Waals surface area contributed by atoms with Gasteiger partial charge in [-0.2, -0.15) is 13.2 Å². The van der Waals surface area contributed by atoms with Gasteiger partial charge >= 0.3 is 12.3 Å². The summed E-state index contributed by atoms with van der Waals surface area (Å²) in [4.78, 5) is 40.0. The van der Waals surface area contributed by atoms with E-state index in [1.54, 1.807) is 30.6 Å². The number of carbonyl (C=O) groups excluding carboxylic acids is 2. The van der Waals surface area contributed by atoms with Crippen molar-refractivity contribution in [1.29, 1.82) is 0 Å². The molecule has 0 aliphatic heterocycles. The molecule has 3 aromatic rings. The van der Waals surface area contributed by atoms with E-state index in [0.29, 0.717) is 12.1 Å². The number of rotatable bonds is 6. The fourth-order valence-corrected chi connectivity index (χ4v) is 3.12. The lowest BCUT2D eigenvalue weighted by Crippen LogP contribution is -2.19. The number of aryl methyl sites for hydroxylation is 1. The van der Waals surface area contributed by atoms with Crippen LogP contribution in [0, 0.1) is 6.92 Å². The normalized spacial score (nSPS) is 11.0. The van der Waals surface area contributed by atoms with Gasteiger partial charge in [0.05, 0.1) is 23.4 Å². The van der Waals surface area contributed by atoms with Crippen LogP contribution in [0.1, 0.15) is 27.9 Å². The van der Waals surface area contributed by atoms with Crippen molar-refractivity contribution < 1.29 is 32.7 Å². The van der Waals surface area contributed by atoms with Crippen LogP contribution in [0.3, 0.4) is 0 Å². The third-order valence-electron chi connectivity index (χ3n) is 4.72. The quantitative estimate of drug-likeness (QED) is 0.340. The van der Waals surface area contributed by atoms with Crippen LogP contribution in [0.2, 0.25) is 0 Å². The van der Waals surface area contributed by atoms with E-state index < -0.39 is 41.6 Å². The van der Waals surface area contributed by atoms with Crippen molar-refractivity contribution in [2.24, 2.45) is 0 Å². The molecule has 1 aromatic heterocycles. The number of nitrogens with one attached hydrogen (secondary N) is 2. The molecule has 3 rings (SSSR count). The zero-order chi connectivity index (χ0) is 24.2. The van der Waals surface area contributed by atoms with Gasteiger partial charge in [-0.15, -0.1) is 0 Å². The number of benzene rings is 2. The Morgan fingerprint density at radius 2 is 1.76 bits per heavy atom. The van der Waals surface area contributed by atoms with Gasteiger partial charge in [0.1, 0.15) is 0 Å². The molecule has 0 unspecified atom stereocenters. The first-order valence-corrected chi connectivity index (χ1v) is 9.60. The Balaban J connectivity index is 1.80. The number of aromatic nitrogens is 1. The lowest BCUT2D eigenvalue weighted by molar-refractivity contribution is -0.137. The fourth-order valence-electron chi connectivity index (χ4n) is 3.12. The number of nitrogens with zero attached hydrogens (tertiary/aromatic N) is 1. The Morgan fingerprint density at radius 1 is 1.00 bits per heavy atom. The summed E-state index contributed by atoms with van der Waals surface area (Å²) in [6, 6.07) is 10.5. The molecule has 0 aliphatic rings. The molecule has 0 aliphatic carbocycles.